The topological polar surface area (TPSA) is 81.8 Å². The Kier molecular flexibility index (Phi) is 6.11. The Morgan fingerprint density at radius 1 is 1.19 bits per heavy atom. The van der Waals surface area contributed by atoms with E-state index in [2.05, 4.69) is 21.6 Å². The molecule has 2 saturated heterocycles. The molecule has 7 nitrogen and oxygen atoms in total. The predicted octanol–water partition coefficient (Wildman–Crippen LogP) is 2.78. The molecule has 2 N–H and O–H groups in total. The van der Waals surface area contributed by atoms with Gasteiger partial charge in [0.05, 0.1) is 6.04 Å². The maximum atomic E-state index is 13.0. The van der Waals surface area contributed by atoms with Crippen LogP contribution >= 0.6 is 11.3 Å². The largest absolute Gasteiger partial charge is 0.353 e. The van der Waals surface area contributed by atoms with Crippen molar-refractivity contribution < 1.29 is 14.4 Å². The summed E-state index contributed by atoms with van der Waals surface area (Å²) in [6, 6.07) is 11.1. The molecule has 0 saturated carbocycles. The molecule has 1 aromatic heterocycles. The molecule has 0 aliphatic carbocycles. The Hall–Kier alpha value is -2.71. The number of aryl methyl sites for hydroxylation is 1. The molecule has 4 amide bonds. The van der Waals surface area contributed by atoms with E-state index in [9.17, 15) is 14.4 Å². The van der Waals surface area contributed by atoms with Crippen LogP contribution in [0, 0.1) is 6.92 Å². The number of amides is 4. The lowest BCUT2D eigenvalue weighted by Crippen LogP contribution is -2.44. The number of nitrogens with zero attached hydrogens (tertiary/aromatic N) is 2. The summed E-state index contributed by atoms with van der Waals surface area (Å²) < 4.78 is 0. The third-order valence-electron chi connectivity index (χ3n) is 6.15. The minimum Gasteiger partial charge on any atom is -0.353 e. The van der Waals surface area contributed by atoms with E-state index >= 15 is 0 Å². The zero-order valence-electron chi connectivity index (χ0n) is 17.9. The molecule has 0 radical (unpaired) electrons. The van der Waals surface area contributed by atoms with Crippen molar-refractivity contribution in [2.45, 2.75) is 38.3 Å². The van der Waals surface area contributed by atoms with Gasteiger partial charge in [0.25, 0.3) is 5.91 Å². The van der Waals surface area contributed by atoms with Crippen LogP contribution in [0.3, 0.4) is 0 Å². The third kappa shape index (κ3) is 4.36. The summed E-state index contributed by atoms with van der Waals surface area (Å²) in [4.78, 5) is 42.8. The maximum absolute atomic E-state index is 13.0. The van der Waals surface area contributed by atoms with Crippen molar-refractivity contribution in [1.29, 1.82) is 0 Å². The van der Waals surface area contributed by atoms with E-state index in [-0.39, 0.29) is 18.5 Å². The van der Waals surface area contributed by atoms with Gasteiger partial charge in [0, 0.05) is 11.4 Å². The zero-order valence-corrected chi connectivity index (χ0v) is 18.7. The number of thiophene rings is 1. The predicted molar refractivity (Wildman–Crippen MR) is 120 cm³/mol. The summed E-state index contributed by atoms with van der Waals surface area (Å²) in [5, 5.41) is 7.74. The zero-order chi connectivity index (χ0) is 22.0. The molecule has 164 valence electrons. The van der Waals surface area contributed by atoms with Crippen LogP contribution in [0.2, 0.25) is 0 Å². The molecule has 3 heterocycles. The van der Waals surface area contributed by atoms with Crippen molar-refractivity contribution in [2.24, 2.45) is 0 Å². The lowest BCUT2D eigenvalue weighted by molar-refractivity contribution is -0.134. The first-order chi connectivity index (χ1) is 14.9. The number of carbonyl (C=O) groups is 3. The first-order valence-corrected chi connectivity index (χ1v) is 11.5. The van der Waals surface area contributed by atoms with Gasteiger partial charge in [0.15, 0.2) is 0 Å². The monoisotopic (exact) mass is 440 g/mol. The second-order valence-corrected chi connectivity index (χ2v) is 9.37. The Balaban J connectivity index is 1.40. The third-order valence-corrected chi connectivity index (χ3v) is 7.12. The van der Waals surface area contributed by atoms with Crippen molar-refractivity contribution in [3.05, 3.63) is 57.8 Å². The van der Waals surface area contributed by atoms with Crippen LogP contribution in [-0.2, 0) is 15.1 Å². The highest BCUT2D eigenvalue weighted by Crippen LogP contribution is 2.30. The summed E-state index contributed by atoms with van der Waals surface area (Å²) in [6.07, 6.45) is 2.33. The normalized spacial score (nSPS) is 22.6. The van der Waals surface area contributed by atoms with Gasteiger partial charge in [-0.15, -0.1) is 11.3 Å². The van der Waals surface area contributed by atoms with Crippen LogP contribution in [0.25, 0.3) is 0 Å². The minimum atomic E-state index is -1.17. The van der Waals surface area contributed by atoms with Crippen LogP contribution in [0.15, 0.2) is 41.8 Å². The van der Waals surface area contributed by atoms with Crippen LogP contribution in [0.1, 0.15) is 41.8 Å². The molecular formula is C23H28N4O3S. The molecular weight excluding hydrogens is 412 g/mol. The van der Waals surface area contributed by atoms with Crippen LogP contribution in [0.5, 0.6) is 0 Å². The summed E-state index contributed by atoms with van der Waals surface area (Å²) >= 11 is 1.68. The molecule has 2 atom stereocenters. The van der Waals surface area contributed by atoms with Gasteiger partial charge >= 0.3 is 6.03 Å². The number of urea groups is 1. The number of imide groups is 1. The molecule has 31 heavy (non-hydrogen) atoms. The average Bonchev–Trinajstić information content (AvgIpc) is 3.50. The van der Waals surface area contributed by atoms with Gasteiger partial charge < -0.3 is 10.6 Å². The molecule has 2 unspecified atom stereocenters. The quantitative estimate of drug-likeness (QED) is 0.649. The van der Waals surface area contributed by atoms with E-state index in [1.54, 1.807) is 18.3 Å². The fraction of sp³-hybridized carbons (Fsp3) is 0.435. The first-order valence-electron chi connectivity index (χ1n) is 10.6. The van der Waals surface area contributed by atoms with E-state index in [4.69, 9.17) is 0 Å². The summed E-state index contributed by atoms with van der Waals surface area (Å²) in [5.41, 5.74) is 0.602. The minimum absolute atomic E-state index is 0.118. The van der Waals surface area contributed by atoms with Crippen molar-refractivity contribution in [3.63, 3.8) is 0 Å². The van der Waals surface area contributed by atoms with Gasteiger partial charge in [-0.2, -0.15) is 0 Å². The standard InChI is InChI=1S/C23H28N4O3S/c1-16-7-9-17(10-8-16)23(2)21(29)27(22(30)25-23)15-20(28)24-14-18(19-6-5-13-31-19)26-11-3-4-12-26/h5-10,13,18H,3-4,11-12,14-15H2,1-2H3,(H,24,28)(H,25,30). The van der Waals surface area contributed by atoms with E-state index < -0.39 is 17.5 Å². The number of likely N-dealkylation sites (tertiary alicyclic amines) is 1. The SMILES string of the molecule is Cc1ccc(C2(C)NC(=O)N(CC(=O)NCC(c3cccs3)N3CCCC3)C2=O)cc1. The highest BCUT2D eigenvalue weighted by atomic mass is 32.1. The smallest absolute Gasteiger partial charge is 0.325 e. The van der Waals surface area contributed by atoms with Crippen LogP contribution in [-0.4, -0.2) is 53.8 Å². The van der Waals surface area contributed by atoms with Crippen LogP contribution < -0.4 is 10.6 Å². The van der Waals surface area contributed by atoms with Crippen molar-refractivity contribution in [3.8, 4) is 0 Å². The summed E-state index contributed by atoms with van der Waals surface area (Å²) in [7, 11) is 0. The van der Waals surface area contributed by atoms with Crippen molar-refractivity contribution >= 4 is 29.2 Å². The molecule has 2 fully saturated rings. The van der Waals surface area contributed by atoms with Gasteiger partial charge in [-0.05, 0) is 56.8 Å². The summed E-state index contributed by atoms with van der Waals surface area (Å²) in [5.74, 6) is -0.747. The maximum Gasteiger partial charge on any atom is 0.325 e. The number of benzene rings is 1. The van der Waals surface area contributed by atoms with E-state index in [0.29, 0.717) is 12.1 Å². The number of rotatable bonds is 7. The molecule has 0 spiro atoms. The van der Waals surface area contributed by atoms with Crippen LogP contribution in [0.4, 0.5) is 4.79 Å². The van der Waals surface area contributed by atoms with Gasteiger partial charge in [-0.3, -0.25) is 19.4 Å². The lowest BCUT2D eigenvalue weighted by atomic mass is 9.91. The van der Waals surface area contributed by atoms with Gasteiger partial charge in [0.2, 0.25) is 5.91 Å². The second kappa shape index (κ2) is 8.80. The Labute approximate surface area is 186 Å². The number of nitrogens with one attached hydrogen (secondary N) is 2. The fourth-order valence-electron chi connectivity index (χ4n) is 4.28. The van der Waals surface area contributed by atoms with Crippen molar-refractivity contribution in [2.75, 3.05) is 26.2 Å². The molecule has 2 aliphatic heterocycles. The van der Waals surface area contributed by atoms with Gasteiger partial charge in [-0.25, -0.2) is 4.79 Å². The fourth-order valence-corrected chi connectivity index (χ4v) is 5.14. The number of carbonyl (C=O) groups excluding carboxylic acids is 3. The molecule has 2 aromatic rings. The Bertz CT molecular complexity index is 954. The number of hydrogen-bond acceptors (Lipinski definition) is 5. The summed E-state index contributed by atoms with van der Waals surface area (Å²) in [6.45, 7) is 5.83. The first kappa shape index (κ1) is 21.5. The average molecular weight is 441 g/mol. The lowest BCUT2D eigenvalue weighted by Gasteiger charge is -2.27. The Morgan fingerprint density at radius 2 is 1.90 bits per heavy atom. The number of hydrogen-bond donors (Lipinski definition) is 2. The molecule has 2 aliphatic rings. The highest BCUT2D eigenvalue weighted by molar-refractivity contribution is 7.10. The Morgan fingerprint density at radius 3 is 2.55 bits per heavy atom. The molecule has 4 rings (SSSR count). The molecule has 8 heteroatoms. The van der Waals surface area contributed by atoms with Gasteiger partial charge in [-0.1, -0.05) is 35.9 Å². The van der Waals surface area contributed by atoms with Gasteiger partial charge in [0.1, 0.15) is 12.1 Å². The highest BCUT2D eigenvalue weighted by Gasteiger charge is 2.49. The van der Waals surface area contributed by atoms with E-state index in [1.807, 2.05) is 42.6 Å². The van der Waals surface area contributed by atoms with Crippen molar-refractivity contribution in [1.82, 2.24) is 20.4 Å². The van der Waals surface area contributed by atoms with E-state index in [1.165, 1.54) is 4.88 Å². The second-order valence-electron chi connectivity index (χ2n) is 8.39. The molecule has 1 aromatic carbocycles. The molecule has 0 bridgehead atoms. The van der Waals surface area contributed by atoms with E-state index in [0.717, 1.165) is 36.4 Å².